The standard InChI is InChI=1S/C15H23N3O5/c1-12-13(5-4-6-14(12)18(20)21)16-15(19)11-17(7-9-22-2)8-10-23-3/h4-6H,7-11H2,1-3H3,(H,16,19). The molecule has 1 aromatic carbocycles. The largest absolute Gasteiger partial charge is 0.383 e. The number of hydrogen-bond donors (Lipinski definition) is 1. The van der Waals surface area contributed by atoms with Gasteiger partial charge in [0.25, 0.3) is 5.69 Å². The van der Waals surface area contributed by atoms with Gasteiger partial charge in [-0.3, -0.25) is 19.8 Å². The van der Waals surface area contributed by atoms with Crippen molar-refractivity contribution in [3.05, 3.63) is 33.9 Å². The monoisotopic (exact) mass is 325 g/mol. The van der Waals surface area contributed by atoms with Crippen LogP contribution in [0.5, 0.6) is 0 Å². The molecule has 0 aromatic heterocycles. The van der Waals surface area contributed by atoms with Gasteiger partial charge in [-0.1, -0.05) is 6.07 Å². The molecule has 0 bridgehead atoms. The number of carbonyl (C=O) groups is 1. The first-order chi connectivity index (χ1) is 11.0. The van der Waals surface area contributed by atoms with Gasteiger partial charge in [0.15, 0.2) is 0 Å². The predicted molar refractivity (Wildman–Crippen MR) is 86.7 cm³/mol. The zero-order valence-electron chi connectivity index (χ0n) is 13.7. The zero-order chi connectivity index (χ0) is 17.2. The molecule has 0 saturated carbocycles. The number of hydrogen-bond acceptors (Lipinski definition) is 6. The number of carbonyl (C=O) groups excluding carboxylic acids is 1. The van der Waals surface area contributed by atoms with Crippen molar-refractivity contribution in [2.75, 3.05) is 52.4 Å². The van der Waals surface area contributed by atoms with Gasteiger partial charge in [0.1, 0.15) is 0 Å². The summed E-state index contributed by atoms with van der Waals surface area (Å²) in [6.45, 7) is 3.98. The van der Waals surface area contributed by atoms with Gasteiger partial charge in [0.05, 0.1) is 35.9 Å². The first kappa shape index (κ1) is 19.0. The highest BCUT2D eigenvalue weighted by molar-refractivity contribution is 5.93. The summed E-state index contributed by atoms with van der Waals surface area (Å²) in [4.78, 5) is 24.5. The Morgan fingerprint density at radius 2 is 1.87 bits per heavy atom. The number of rotatable bonds is 10. The highest BCUT2D eigenvalue weighted by Crippen LogP contribution is 2.24. The first-order valence-electron chi connectivity index (χ1n) is 7.23. The normalized spacial score (nSPS) is 10.8. The van der Waals surface area contributed by atoms with Crippen molar-refractivity contribution in [1.29, 1.82) is 0 Å². The summed E-state index contributed by atoms with van der Waals surface area (Å²) in [6, 6.07) is 4.61. The van der Waals surface area contributed by atoms with Crippen LogP contribution in [0.25, 0.3) is 0 Å². The Kier molecular flexibility index (Phi) is 8.17. The molecule has 8 heteroatoms. The minimum Gasteiger partial charge on any atom is -0.383 e. The fourth-order valence-electron chi connectivity index (χ4n) is 2.06. The van der Waals surface area contributed by atoms with E-state index in [1.165, 1.54) is 6.07 Å². The van der Waals surface area contributed by atoms with Crippen LogP contribution in [0, 0.1) is 17.0 Å². The van der Waals surface area contributed by atoms with Crippen molar-refractivity contribution in [3.8, 4) is 0 Å². The molecule has 1 aromatic rings. The number of nitrogens with one attached hydrogen (secondary N) is 1. The van der Waals surface area contributed by atoms with E-state index in [2.05, 4.69) is 5.32 Å². The third-order valence-electron chi connectivity index (χ3n) is 3.37. The van der Waals surface area contributed by atoms with Gasteiger partial charge < -0.3 is 14.8 Å². The Labute approximate surface area is 135 Å². The van der Waals surface area contributed by atoms with Crippen molar-refractivity contribution in [2.24, 2.45) is 0 Å². The second-order valence-electron chi connectivity index (χ2n) is 5.02. The number of ether oxygens (including phenoxy) is 2. The van der Waals surface area contributed by atoms with Crippen LogP contribution >= 0.6 is 0 Å². The number of nitro groups is 1. The van der Waals surface area contributed by atoms with E-state index in [9.17, 15) is 14.9 Å². The Morgan fingerprint density at radius 1 is 1.26 bits per heavy atom. The Balaban J connectivity index is 2.70. The molecule has 1 N–H and O–H groups in total. The van der Waals surface area contributed by atoms with Crippen LogP contribution in [-0.2, 0) is 14.3 Å². The quantitative estimate of drug-likeness (QED) is 0.517. The fraction of sp³-hybridized carbons (Fsp3) is 0.533. The van der Waals surface area contributed by atoms with E-state index in [4.69, 9.17) is 9.47 Å². The molecule has 1 amide bonds. The molecule has 23 heavy (non-hydrogen) atoms. The SMILES string of the molecule is COCCN(CCOC)CC(=O)Nc1cccc([N+](=O)[O-])c1C. The van der Waals surface area contributed by atoms with Crippen molar-refractivity contribution < 1.29 is 19.2 Å². The molecule has 8 nitrogen and oxygen atoms in total. The third kappa shape index (κ3) is 6.31. The summed E-state index contributed by atoms with van der Waals surface area (Å²) in [7, 11) is 3.20. The molecule has 0 aliphatic heterocycles. The van der Waals surface area contributed by atoms with Gasteiger partial charge in [0, 0.05) is 33.4 Å². The molecule has 0 fully saturated rings. The zero-order valence-corrected chi connectivity index (χ0v) is 13.7. The topological polar surface area (TPSA) is 93.9 Å². The first-order valence-corrected chi connectivity index (χ1v) is 7.23. The average Bonchev–Trinajstić information content (AvgIpc) is 2.51. The van der Waals surface area contributed by atoms with E-state index in [1.54, 1.807) is 33.3 Å². The summed E-state index contributed by atoms with van der Waals surface area (Å²) >= 11 is 0. The molecule has 0 atom stereocenters. The van der Waals surface area contributed by atoms with Gasteiger partial charge in [-0.2, -0.15) is 0 Å². The lowest BCUT2D eigenvalue weighted by Crippen LogP contribution is -2.37. The summed E-state index contributed by atoms with van der Waals surface area (Å²) < 4.78 is 10.0. The van der Waals surface area contributed by atoms with E-state index < -0.39 is 4.92 Å². The van der Waals surface area contributed by atoms with E-state index in [-0.39, 0.29) is 18.1 Å². The summed E-state index contributed by atoms with van der Waals surface area (Å²) in [6.07, 6.45) is 0. The second kappa shape index (κ2) is 9.88. The molecule has 0 aliphatic carbocycles. The van der Waals surface area contributed by atoms with Gasteiger partial charge in [-0.25, -0.2) is 0 Å². The van der Waals surface area contributed by atoms with Crippen molar-refractivity contribution in [1.82, 2.24) is 4.90 Å². The Bertz CT molecular complexity index is 528. The number of methoxy groups -OCH3 is 2. The van der Waals surface area contributed by atoms with Gasteiger partial charge in [0.2, 0.25) is 5.91 Å². The van der Waals surface area contributed by atoms with Crippen molar-refractivity contribution in [3.63, 3.8) is 0 Å². The van der Waals surface area contributed by atoms with Gasteiger partial charge in [-0.15, -0.1) is 0 Å². The molecule has 128 valence electrons. The van der Waals surface area contributed by atoms with Crippen LogP contribution in [0.2, 0.25) is 0 Å². The van der Waals surface area contributed by atoms with Gasteiger partial charge in [-0.05, 0) is 13.0 Å². The molecule has 0 heterocycles. The molecular weight excluding hydrogens is 302 g/mol. The van der Waals surface area contributed by atoms with E-state index in [0.29, 0.717) is 37.6 Å². The van der Waals surface area contributed by atoms with Gasteiger partial charge >= 0.3 is 0 Å². The van der Waals surface area contributed by atoms with Crippen LogP contribution in [0.3, 0.4) is 0 Å². The van der Waals surface area contributed by atoms with Crippen LogP contribution in [-0.4, -0.2) is 62.8 Å². The van der Waals surface area contributed by atoms with E-state index >= 15 is 0 Å². The highest BCUT2D eigenvalue weighted by Gasteiger charge is 2.16. The molecule has 0 spiro atoms. The predicted octanol–water partition coefficient (Wildman–Crippen LogP) is 1.44. The second-order valence-corrected chi connectivity index (χ2v) is 5.02. The number of anilines is 1. The maximum absolute atomic E-state index is 12.2. The lowest BCUT2D eigenvalue weighted by atomic mass is 10.1. The molecule has 0 saturated heterocycles. The number of nitrogens with zero attached hydrogens (tertiary/aromatic N) is 2. The third-order valence-corrected chi connectivity index (χ3v) is 3.37. The number of nitro benzene ring substituents is 1. The minimum absolute atomic E-state index is 0.0153. The minimum atomic E-state index is -0.464. The van der Waals surface area contributed by atoms with Crippen molar-refractivity contribution in [2.45, 2.75) is 6.92 Å². The van der Waals surface area contributed by atoms with E-state index in [1.807, 2.05) is 4.90 Å². The number of benzene rings is 1. The van der Waals surface area contributed by atoms with Crippen LogP contribution in [0.15, 0.2) is 18.2 Å². The maximum Gasteiger partial charge on any atom is 0.274 e. The van der Waals surface area contributed by atoms with Crippen molar-refractivity contribution >= 4 is 17.3 Å². The van der Waals surface area contributed by atoms with Crippen LogP contribution < -0.4 is 5.32 Å². The molecule has 0 radical (unpaired) electrons. The lowest BCUT2D eigenvalue weighted by molar-refractivity contribution is -0.385. The number of amides is 1. The molecule has 0 unspecified atom stereocenters. The Morgan fingerprint density at radius 3 is 2.39 bits per heavy atom. The summed E-state index contributed by atoms with van der Waals surface area (Å²) in [5, 5.41) is 13.7. The summed E-state index contributed by atoms with van der Waals surface area (Å²) in [5.41, 5.74) is 0.868. The smallest absolute Gasteiger partial charge is 0.274 e. The fourth-order valence-corrected chi connectivity index (χ4v) is 2.06. The molecule has 1 rings (SSSR count). The lowest BCUT2D eigenvalue weighted by Gasteiger charge is -2.21. The summed E-state index contributed by atoms with van der Waals surface area (Å²) in [5.74, 6) is -0.235. The Hall–Kier alpha value is -2.03. The maximum atomic E-state index is 12.2. The van der Waals surface area contributed by atoms with Crippen LogP contribution in [0.4, 0.5) is 11.4 Å². The molecular formula is C15H23N3O5. The van der Waals surface area contributed by atoms with E-state index in [0.717, 1.165) is 0 Å². The average molecular weight is 325 g/mol. The highest BCUT2D eigenvalue weighted by atomic mass is 16.6. The molecule has 0 aliphatic rings. The van der Waals surface area contributed by atoms with Crippen LogP contribution in [0.1, 0.15) is 5.56 Å².